The lowest BCUT2D eigenvalue weighted by Crippen LogP contribution is -2.53. The predicted octanol–water partition coefficient (Wildman–Crippen LogP) is 2.83. The lowest BCUT2D eigenvalue weighted by molar-refractivity contribution is 0.0584. The number of piperidine rings is 1. The van der Waals surface area contributed by atoms with Crippen molar-refractivity contribution in [3.05, 3.63) is 47.3 Å². The molecule has 0 radical (unpaired) electrons. The molecule has 0 atom stereocenters. The molecule has 0 saturated carbocycles. The summed E-state index contributed by atoms with van der Waals surface area (Å²) < 4.78 is 6.72. The smallest absolute Gasteiger partial charge is 0.356 e. The van der Waals surface area contributed by atoms with Crippen molar-refractivity contribution in [3.8, 4) is 0 Å². The van der Waals surface area contributed by atoms with Crippen molar-refractivity contribution in [2.75, 3.05) is 50.8 Å². The van der Waals surface area contributed by atoms with E-state index < -0.39 is 5.97 Å². The summed E-state index contributed by atoms with van der Waals surface area (Å²) in [6, 6.07) is 7.90. The number of carbonyl (C=O) groups is 2. The average Bonchev–Trinajstić information content (AvgIpc) is 3.49. The minimum atomic E-state index is -1.13. The third-order valence-electron chi connectivity index (χ3n) is 7.66. The maximum absolute atomic E-state index is 12.9. The number of anilines is 1. The first-order valence-corrected chi connectivity index (χ1v) is 12.2. The Bertz CT molecular complexity index is 1050. The van der Waals surface area contributed by atoms with E-state index in [9.17, 15) is 9.59 Å². The molecule has 5 rings (SSSR count). The summed E-state index contributed by atoms with van der Waals surface area (Å²) in [5.41, 5.74) is 3.96. The quantitative estimate of drug-likeness (QED) is 0.739. The van der Waals surface area contributed by atoms with Gasteiger partial charge in [-0.1, -0.05) is 12.1 Å². The lowest BCUT2D eigenvalue weighted by atomic mass is 9.84. The minimum Gasteiger partial charge on any atom is -0.476 e. The van der Waals surface area contributed by atoms with E-state index >= 15 is 0 Å². The Morgan fingerprint density at radius 2 is 1.82 bits per heavy atom. The van der Waals surface area contributed by atoms with Crippen molar-refractivity contribution >= 4 is 17.7 Å². The summed E-state index contributed by atoms with van der Waals surface area (Å²) in [5, 5.41) is 13.0. The van der Waals surface area contributed by atoms with Crippen molar-refractivity contribution in [2.45, 2.75) is 44.7 Å². The van der Waals surface area contributed by atoms with Crippen LogP contribution in [0.1, 0.15) is 47.3 Å². The number of amides is 1. The summed E-state index contributed by atoms with van der Waals surface area (Å²) in [6.07, 6.45) is 5.60. The van der Waals surface area contributed by atoms with Crippen molar-refractivity contribution in [1.29, 1.82) is 0 Å². The second-order valence-corrected chi connectivity index (χ2v) is 9.70. The molecule has 3 aliphatic heterocycles. The second kappa shape index (κ2) is 9.38. The van der Waals surface area contributed by atoms with Gasteiger partial charge >= 0.3 is 12.0 Å². The number of rotatable bonds is 4. The zero-order valence-corrected chi connectivity index (χ0v) is 19.8. The molecular formula is C25H33N5O4. The Morgan fingerprint density at radius 1 is 1.06 bits per heavy atom. The summed E-state index contributed by atoms with van der Waals surface area (Å²) in [4.78, 5) is 30.8. The number of carboxylic acids is 1. The zero-order valence-electron chi connectivity index (χ0n) is 19.8. The number of morpholine rings is 1. The van der Waals surface area contributed by atoms with Gasteiger partial charge in [-0.3, -0.25) is 4.90 Å². The zero-order chi connectivity index (χ0) is 23.7. The summed E-state index contributed by atoms with van der Waals surface area (Å²) >= 11 is 0. The minimum absolute atomic E-state index is 0.111. The van der Waals surface area contributed by atoms with Crippen molar-refractivity contribution < 1.29 is 19.4 Å². The van der Waals surface area contributed by atoms with Crippen LogP contribution in [0.5, 0.6) is 0 Å². The molecule has 4 heterocycles. The van der Waals surface area contributed by atoms with E-state index in [0.29, 0.717) is 13.1 Å². The SMILES string of the molecule is Cc1ccc(CN2CCCC23CCN(C(=O)n2ccc(C(=O)O)n2)CC3)c(N2CCOCC2)c1. The van der Waals surface area contributed by atoms with E-state index in [2.05, 4.69) is 40.0 Å². The fraction of sp³-hybridized carbons (Fsp3) is 0.560. The largest absolute Gasteiger partial charge is 0.476 e. The molecular weight excluding hydrogens is 434 g/mol. The molecule has 3 saturated heterocycles. The fourth-order valence-corrected chi connectivity index (χ4v) is 5.72. The first-order valence-electron chi connectivity index (χ1n) is 12.2. The van der Waals surface area contributed by atoms with Crippen LogP contribution in [-0.2, 0) is 11.3 Å². The molecule has 1 amide bonds. The number of carboxylic acid groups (broad SMARTS) is 1. The molecule has 0 unspecified atom stereocenters. The molecule has 2 aromatic rings. The molecule has 1 spiro atoms. The normalized spacial score (nSPS) is 20.7. The van der Waals surface area contributed by atoms with E-state index in [-0.39, 0.29) is 17.3 Å². The second-order valence-electron chi connectivity index (χ2n) is 9.70. The first kappa shape index (κ1) is 22.9. The van der Waals surface area contributed by atoms with Gasteiger partial charge in [0.25, 0.3) is 0 Å². The highest BCUT2D eigenvalue weighted by Crippen LogP contribution is 2.40. The average molecular weight is 468 g/mol. The molecule has 1 aromatic heterocycles. The molecule has 1 aromatic carbocycles. The maximum atomic E-state index is 12.9. The van der Waals surface area contributed by atoms with E-state index in [0.717, 1.165) is 63.3 Å². The van der Waals surface area contributed by atoms with Crippen molar-refractivity contribution in [2.24, 2.45) is 0 Å². The van der Waals surface area contributed by atoms with E-state index in [1.165, 1.54) is 35.5 Å². The molecule has 0 aliphatic carbocycles. The van der Waals surface area contributed by atoms with Gasteiger partial charge in [0.1, 0.15) is 0 Å². The van der Waals surface area contributed by atoms with Crippen molar-refractivity contribution in [1.82, 2.24) is 19.6 Å². The highest BCUT2D eigenvalue weighted by Gasteiger charge is 2.44. The predicted molar refractivity (Wildman–Crippen MR) is 127 cm³/mol. The van der Waals surface area contributed by atoms with E-state index in [1.54, 1.807) is 4.90 Å². The Kier molecular flexibility index (Phi) is 6.31. The number of hydrogen-bond donors (Lipinski definition) is 1. The van der Waals surface area contributed by atoms with Crippen LogP contribution in [0.25, 0.3) is 0 Å². The van der Waals surface area contributed by atoms with Crippen LogP contribution in [0.2, 0.25) is 0 Å². The molecule has 9 heteroatoms. The number of ether oxygens (including phenoxy) is 1. The summed E-state index contributed by atoms with van der Waals surface area (Å²) in [7, 11) is 0. The number of nitrogens with zero attached hydrogens (tertiary/aromatic N) is 5. The van der Waals surface area contributed by atoms with Gasteiger partial charge in [0.15, 0.2) is 5.69 Å². The molecule has 34 heavy (non-hydrogen) atoms. The number of aryl methyl sites for hydroxylation is 1. The third-order valence-corrected chi connectivity index (χ3v) is 7.66. The third kappa shape index (κ3) is 4.42. The van der Waals surface area contributed by atoms with E-state index in [4.69, 9.17) is 9.84 Å². The molecule has 1 N–H and O–H groups in total. The Morgan fingerprint density at radius 3 is 2.53 bits per heavy atom. The first-order chi connectivity index (χ1) is 16.4. The number of likely N-dealkylation sites (tertiary alicyclic amines) is 2. The molecule has 3 aliphatic rings. The Balaban J connectivity index is 1.28. The van der Waals surface area contributed by atoms with Crippen LogP contribution in [0, 0.1) is 6.92 Å². The van der Waals surface area contributed by atoms with E-state index in [1.807, 2.05) is 0 Å². The molecule has 3 fully saturated rings. The van der Waals surface area contributed by atoms with Crippen LogP contribution in [0.4, 0.5) is 10.5 Å². The van der Waals surface area contributed by atoms with Crippen LogP contribution in [0.15, 0.2) is 30.5 Å². The van der Waals surface area contributed by atoms with Crippen molar-refractivity contribution in [3.63, 3.8) is 0 Å². The number of benzene rings is 1. The monoisotopic (exact) mass is 467 g/mol. The lowest BCUT2D eigenvalue weighted by Gasteiger charge is -2.45. The van der Waals surface area contributed by atoms with Gasteiger partial charge in [-0.05, 0) is 62.4 Å². The van der Waals surface area contributed by atoms with Gasteiger partial charge in [0.05, 0.1) is 13.2 Å². The number of aromatic carboxylic acids is 1. The maximum Gasteiger partial charge on any atom is 0.356 e. The molecule has 0 bridgehead atoms. The van der Waals surface area contributed by atoms with Gasteiger partial charge in [0, 0.05) is 50.1 Å². The van der Waals surface area contributed by atoms with Crippen LogP contribution in [0.3, 0.4) is 0 Å². The fourth-order valence-electron chi connectivity index (χ4n) is 5.72. The number of carbonyl (C=O) groups excluding carboxylic acids is 1. The summed E-state index contributed by atoms with van der Waals surface area (Å²) in [6.45, 7) is 8.85. The summed E-state index contributed by atoms with van der Waals surface area (Å²) in [5.74, 6) is -1.13. The Hall–Kier alpha value is -2.91. The van der Waals surface area contributed by atoms with Gasteiger partial charge in [-0.25, -0.2) is 9.59 Å². The van der Waals surface area contributed by atoms with Crippen LogP contribution < -0.4 is 4.90 Å². The Labute approximate surface area is 199 Å². The van der Waals surface area contributed by atoms with Crippen LogP contribution in [-0.4, -0.2) is 88.2 Å². The molecule has 9 nitrogen and oxygen atoms in total. The molecule has 182 valence electrons. The topological polar surface area (TPSA) is 91.1 Å². The number of hydrogen-bond acceptors (Lipinski definition) is 6. The highest BCUT2D eigenvalue weighted by atomic mass is 16.5. The highest BCUT2D eigenvalue weighted by molar-refractivity contribution is 5.86. The van der Waals surface area contributed by atoms with Gasteiger partial charge in [-0.2, -0.15) is 9.78 Å². The van der Waals surface area contributed by atoms with Crippen LogP contribution >= 0.6 is 0 Å². The van der Waals surface area contributed by atoms with Gasteiger partial charge in [-0.15, -0.1) is 0 Å². The van der Waals surface area contributed by atoms with Gasteiger partial charge < -0.3 is 19.6 Å². The van der Waals surface area contributed by atoms with Gasteiger partial charge in [0.2, 0.25) is 0 Å². The number of aromatic nitrogens is 2. The standard InChI is InChI=1S/C25H33N5O4/c1-19-3-4-20(22(17-19)27-13-15-34-16-14-27)18-29-9-2-6-25(29)7-11-28(12-8-25)24(33)30-10-5-21(26-30)23(31)32/h3-5,10,17H,2,6-9,11-16,18H2,1H3,(H,31,32).